The second-order valence-corrected chi connectivity index (χ2v) is 5.28. The predicted octanol–water partition coefficient (Wildman–Crippen LogP) is -1.73. The van der Waals surface area contributed by atoms with Crippen LogP contribution in [0.5, 0.6) is 0 Å². The average Bonchev–Trinajstić information content (AvgIpc) is 2.33. The Balaban J connectivity index is 2.32. The van der Waals surface area contributed by atoms with Gasteiger partial charge in [0.05, 0.1) is 0 Å². The van der Waals surface area contributed by atoms with E-state index in [1.807, 2.05) is 7.11 Å². The van der Waals surface area contributed by atoms with Crippen LogP contribution in [-0.4, -0.2) is 22.1 Å². The number of methoxy groups -OCH3 is 1. The van der Waals surface area contributed by atoms with Gasteiger partial charge in [0.25, 0.3) is 0 Å². The van der Waals surface area contributed by atoms with E-state index in [9.17, 15) is 0 Å². The third-order valence-corrected chi connectivity index (χ3v) is 4.98. The number of ether oxygens (including phenoxy) is 1. The van der Waals surface area contributed by atoms with Gasteiger partial charge in [0, 0.05) is 0 Å². The van der Waals surface area contributed by atoms with Crippen molar-refractivity contribution in [3.8, 4) is 0 Å². The van der Waals surface area contributed by atoms with E-state index in [4.69, 9.17) is 4.74 Å². The molecule has 0 aromatic rings. The van der Waals surface area contributed by atoms with E-state index < -0.39 is 0 Å². The summed E-state index contributed by atoms with van der Waals surface area (Å²) in [6.45, 7) is 0. The summed E-state index contributed by atoms with van der Waals surface area (Å²) in [5.74, 6) is 0. The summed E-state index contributed by atoms with van der Waals surface area (Å²) < 4.78 is 6.31. The molecule has 1 nitrogen and oxygen atoms in total. The Morgan fingerprint density at radius 2 is 2.22 bits per heavy atom. The summed E-state index contributed by atoms with van der Waals surface area (Å²) in [5.41, 5.74) is 0. The van der Waals surface area contributed by atoms with Crippen LogP contribution in [0.1, 0.15) is 19.3 Å². The van der Waals surface area contributed by atoms with Crippen LogP contribution in [0.4, 0.5) is 0 Å². The number of halogens is 1. The number of rotatable bonds is 2. The van der Waals surface area contributed by atoms with Gasteiger partial charge in [-0.15, -0.1) is 0 Å². The Kier molecular flexibility index (Phi) is 3.26. The first-order valence-corrected chi connectivity index (χ1v) is 6.79. The predicted molar refractivity (Wildman–Crippen MR) is 34.4 cm³/mol. The Labute approximate surface area is 67.4 Å². The molecule has 1 aliphatic carbocycles. The third kappa shape index (κ3) is 1.80. The monoisotopic (exact) mass is 241 g/mol. The molecule has 2 atom stereocenters. The van der Waals surface area contributed by atoms with Crippen LogP contribution in [0, 0.1) is 0 Å². The van der Waals surface area contributed by atoms with Crippen molar-refractivity contribution < 1.29 is 25.9 Å². The van der Waals surface area contributed by atoms with Crippen molar-refractivity contribution in [2.24, 2.45) is 0 Å². The molecule has 0 radical (unpaired) electrons. The molecule has 1 saturated carbocycles. The van der Waals surface area contributed by atoms with Gasteiger partial charge >= 0.3 is 67.3 Å². The Morgan fingerprint density at radius 3 is 2.67 bits per heavy atom. The van der Waals surface area contributed by atoms with Crippen molar-refractivity contribution in [2.45, 2.75) is 29.3 Å². The maximum atomic E-state index is 5.34. The van der Waals surface area contributed by atoms with E-state index in [0.29, 0.717) is 27.3 Å². The van der Waals surface area contributed by atoms with E-state index in [-0.39, 0.29) is 0 Å². The van der Waals surface area contributed by atoms with Gasteiger partial charge in [-0.2, -0.15) is 0 Å². The molecular weight excluding hydrogens is 227 g/mol. The van der Waals surface area contributed by atoms with Crippen molar-refractivity contribution in [1.29, 1.82) is 0 Å². The molecule has 0 N–H and O–H groups in total. The fourth-order valence-electron chi connectivity index (χ4n) is 1.40. The van der Waals surface area contributed by atoms with Gasteiger partial charge in [0.15, 0.2) is 0 Å². The first kappa shape index (κ1) is 7.79. The summed E-state index contributed by atoms with van der Waals surface area (Å²) >= 11 is 0.432. The topological polar surface area (TPSA) is 9.23 Å². The van der Waals surface area contributed by atoms with Crippen LogP contribution in [0.2, 0.25) is 0 Å². The molecule has 0 bridgehead atoms. The fourth-order valence-corrected chi connectivity index (χ4v) is 3.91. The summed E-state index contributed by atoms with van der Waals surface area (Å²) in [6.07, 6.45) is 4.77. The van der Waals surface area contributed by atoms with Crippen LogP contribution in [0.3, 0.4) is 0 Å². The molecule has 0 heterocycles. The van der Waals surface area contributed by atoms with E-state index in [0.717, 1.165) is 3.92 Å². The summed E-state index contributed by atoms with van der Waals surface area (Å²) in [4.78, 5) is 2.36. The van der Waals surface area contributed by atoms with Gasteiger partial charge in [-0.3, -0.25) is 0 Å². The molecule has 2 heteroatoms. The van der Waals surface area contributed by atoms with Crippen LogP contribution in [0.25, 0.3) is 0 Å². The van der Waals surface area contributed by atoms with E-state index >= 15 is 0 Å². The number of alkyl halides is 2. The zero-order chi connectivity index (χ0) is 6.69. The van der Waals surface area contributed by atoms with Crippen LogP contribution in [-0.2, 0) is 4.74 Å². The zero-order valence-electron chi connectivity index (χ0n) is 6.06. The molecule has 56 valence electrons. The molecule has 1 aliphatic rings. The molecule has 1 fully saturated rings. The van der Waals surface area contributed by atoms with Crippen LogP contribution < -0.4 is 21.2 Å². The third-order valence-electron chi connectivity index (χ3n) is 1.95. The maximum absolute atomic E-state index is 5.34. The average molecular weight is 241 g/mol. The van der Waals surface area contributed by atoms with Gasteiger partial charge in [-0.05, 0) is 0 Å². The second-order valence-electron chi connectivity index (χ2n) is 2.44. The van der Waals surface area contributed by atoms with Gasteiger partial charge in [-0.1, -0.05) is 0 Å². The standard InChI is InChI=1S/C7H14IO/c1-8-6-4-3-5-7(6)9-2/h6-7H,3-5H2,1-2H3/q-1/t6-,7+/m1/s1. The van der Waals surface area contributed by atoms with Crippen LogP contribution >= 0.6 is 0 Å². The number of hydrogen-bond acceptors (Lipinski definition) is 1. The quantitative estimate of drug-likeness (QED) is 0.412. The van der Waals surface area contributed by atoms with Crippen molar-refractivity contribution in [1.82, 2.24) is 0 Å². The summed E-state index contributed by atoms with van der Waals surface area (Å²) in [7, 11) is 1.85. The molecule has 0 saturated heterocycles. The molecule has 0 unspecified atom stereocenters. The number of hydrogen-bond donors (Lipinski definition) is 0. The minimum absolute atomic E-state index is 0.432. The minimum atomic E-state index is 0.432. The van der Waals surface area contributed by atoms with Gasteiger partial charge in [0.1, 0.15) is 0 Å². The van der Waals surface area contributed by atoms with E-state index in [1.165, 1.54) is 19.3 Å². The summed E-state index contributed by atoms with van der Waals surface area (Å²) in [5, 5.41) is 0. The van der Waals surface area contributed by atoms with Crippen LogP contribution in [0.15, 0.2) is 0 Å². The summed E-state index contributed by atoms with van der Waals surface area (Å²) in [6, 6.07) is 0. The first-order chi connectivity index (χ1) is 4.38. The molecule has 9 heavy (non-hydrogen) atoms. The van der Waals surface area contributed by atoms with Gasteiger partial charge in [-0.25, -0.2) is 0 Å². The van der Waals surface area contributed by atoms with Crippen molar-refractivity contribution in [2.75, 3.05) is 12.0 Å². The van der Waals surface area contributed by atoms with Crippen molar-refractivity contribution in [3.63, 3.8) is 0 Å². The van der Waals surface area contributed by atoms with Gasteiger partial charge < -0.3 is 0 Å². The molecular formula is C7H14IO-. The van der Waals surface area contributed by atoms with Crippen molar-refractivity contribution in [3.05, 3.63) is 0 Å². The van der Waals surface area contributed by atoms with Gasteiger partial charge in [0.2, 0.25) is 0 Å². The molecule has 0 aliphatic heterocycles. The molecule has 0 spiro atoms. The Hall–Kier alpha value is 0.690. The fraction of sp³-hybridized carbons (Fsp3) is 1.00. The normalized spacial score (nSPS) is 35.8. The Morgan fingerprint density at radius 1 is 1.44 bits per heavy atom. The van der Waals surface area contributed by atoms with E-state index in [1.54, 1.807) is 0 Å². The zero-order valence-corrected chi connectivity index (χ0v) is 8.22. The SMILES string of the molecule is CO[C@H]1CCC[C@H]1[I-]C. The van der Waals surface area contributed by atoms with E-state index in [2.05, 4.69) is 4.93 Å². The molecule has 1 rings (SSSR count). The molecule has 0 aromatic heterocycles. The molecule has 0 amide bonds. The Bertz CT molecular complexity index is 75.0. The molecule has 0 aromatic carbocycles. The van der Waals surface area contributed by atoms with Crippen molar-refractivity contribution >= 4 is 0 Å². The first-order valence-electron chi connectivity index (χ1n) is 3.39. The second kappa shape index (κ2) is 3.76.